The van der Waals surface area contributed by atoms with Crippen LogP contribution >= 0.6 is 15.9 Å². The molecular weight excluding hydrogens is 346 g/mol. The van der Waals surface area contributed by atoms with E-state index in [2.05, 4.69) is 31.3 Å². The monoisotopic (exact) mass is 359 g/mol. The summed E-state index contributed by atoms with van der Waals surface area (Å²) in [6, 6.07) is 3.85. The maximum Gasteiger partial charge on any atom is 0.244 e. The Bertz CT molecular complexity index is 849. The van der Waals surface area contributed by atoms with Crippen LogP contribution in [0.1, 0.15) is 11.3 Å². The summed E-state index contributed by atoms with van der Waals surface area (Å²) >= 11 is 3.41. The van der Waals surface area contributed by atoms with Gasteiger partial charge in [0, 0.05) is 41.8 Å². The highest BCUT2D eigenvalue weighted by atomic mass is 79.9. The summed E-state index contributed by atoms with van der Waals surface area (Å²) in [6.07, 6.45) is 10.6. The second kappa shape index (κ2) is 6.15. The maximum absolute atomic E-state index is 11.8. The van der Waals surface area contributed by atoms with Crippen molar-refractivity contribution in [3.05, 3.63) is 58.7 Å². The Morgan fingerprint density at radius 3 is 3.00 bits per heavy atom. The highest BCUT2D eigenvalue weighted by Crippen LogP contribution is 2.12. The van der Waals surface area contributed by atoms with E-state index < -0.39 is 0 Å². The minimum absolute atomic E-state index is 0.165. The molecule has 0 aliphatic carbocycles. The molecule has 0 unspecified atom stereocenters. The van der Waals surface area contributed by atoms with E-state index in [0.717, 1.165) is 21.4 Å². The van der Waals surface area contributed by atoms with E-state index >= 15 is 0 Å². The standard InChI is InChI=1S/C15H14BrN5O/c1-20-8-11(6-18-20)2-5-15(22)17-7-13-10-21-9-12(16)3-4-14(21)19-13/h2-6,8-10H,7H2,1H3,(H,17,22). The Morgan fingerprint density at radius 2 is 2.23 bits per heavy atom. The number of pyridine rings is 1. The molecule has 3 aromatic rings. The van der Waals surface area contributed by atoms with Crippen LogP contribution in [0.2, 0.25) is 0 Å². The third kappa shape index (κ3) is 3.43. The highest BCUT2D eigenvalue weighted by Gasteiger charge is 2.03. The van der Waals surface area contributed by atoms with Gasteiger partial charge in [-0.1, -0.05) is 0 Å². The molecule has 0 atom stereocenters. The molecule has 3 heterocycles. The largest absolute Gasteiger partial charge is 0.347 e. The molecule has 3 rings (SSSR count). The number of amides is 1. The summed E-state index contributed by atoms with van der Waals surface area (Å²) < 4.78 is 4.58. The fourth-order valence-corrected chi connectivity index (χ4v) is 2.39. The molecule has 6 nitrogen and oxygen atoms in total. The number of imidazole rings is 1. The zero-order valence-corrected chi connectivity index (χ0v) is 13.5. The van der Waals surface area contributed by atoms with Crippen molar-refractivity contribution in [2.24, 2.45) is 7.05 Å². The third-order valence-electron chi connectivity index (χ3n) is 3.06. The van der Waals surface area contributed by atoms with Crippen LogP contribution in [-0.4, -0.2) is 25.1 Å². The first-order valence-corrected chi connectivity index (χ1v) is 7.47. The zero-order valence-electron chi connectivity index (χ0n) is 11.9. The summed E-state index contributed by atoms with van der Waals surface area (Å²) in [6.45, 7) is 0.384. The van der Waals surface area contributed by atoms with Gasteiger partial charge in [0.25, 0.3) is 0 Å². The van der Waals surface area contributed by atoms with Gasteiger partial charge in [-0.25, -0.2) is 4.98 Å². The number of hydrogen-bond acceptors (Lipinski definition) is 3. The van der Waals surface area contributed by atoms with Crippen LogP contribution in [0.15, 0.2) is 47.5 Å². The van der Waals surface area contributed by atoms with Crippen molar-refractivity contribution in [3.8, 4) is 0 Å². The summed E-state index contributed by atoms with van der Waals surface area (Å²) in [5, 5.41) is 6.85. The first-order valence-electron chi connectivity index (χ1n) is 6.68. The summed E-state index contributed by atoms with van der Waals surface area (Å²) in [7, 11) is 1.83. The summed E-state index contributed by atoms with van der Waals surface area (Å²) in [4.78, 5) is 16.2. The van der Waals surface area contributed by atoms with Crippen LogP contribution in [0, 0.1) is 0 Å². The second-order valence-electron chi connectivity index (χ2n) is 4.84. The number of nitrogens with one attached hydrogen (secondary N) is 1. The first kappa shape index (κ1) is 14.5. The molecule has 1 amide bonds. The fraction of sp³-hybridized carbons (Fsp3) is 0.133. The van der Waals surface area contributed by atoms with E-state index in [1.54, 1.807) is 17.0 Å². The highest BCUT2D eigenvalue weighted by molar-refractivity contribution is 9.10. The molecule has 112 valence electrons. The average Bonchev–Trinajstić information content (AvgIpc) is 3.08. The number of carbonyl (C=O) groups is 1. The van der Waals surface area contributed by atoms with Gasteiger partial charge in [0.15, 0.2) is 0 Å². The van der Waals surface area contributed by atoms with Gasteiger partial charge in [0.05, 0.1) is 18.4 Å². The Labute approximate surface area is 135 Å². The number of halogens is 1. The molecule has 0 bridgehead atoms. The molecule has 0 aliphatic heterocycles. The smallest absolute Gasteiger partial charge is 0.244 e. The Hall–Kier alpha value is -2.41. The van der Waals surface area contributed by atoms with Crippen molar-refractivity contribution < 1.29 is 4.79 Å². The summed E-state index contributed by atoms with van der Waals surface area (Å²) in [5.74, 6) is -0.165. The molecule has 1 N–H and O–H groups in total. The van der Waals surface area contributed by atoms with Crippen molar-refractivity contribution in [3.63, 3.8) is 0 Å². The predicted octanol–water partition coefficient (Wildman–Crippen LogP) is 2.16. The Kier molecular flexibility index (Phi) is 4.06. The number of nitrogens with zero attached hydrogens (tertiary/aromatic N) is 4. The molecule has 0 fully saturated rings. The van der Waals surface area contributed by atoms with Gasteiger partial charge >= 0.3 is 0 Å². The predicted molar refractivity (Wildman–Crippen MR) is 87.0 cm³/mol. The molecular formula is C15H14BrN5O. The minimum atomic E-state index is -0.165. The normalized spacial score (nSPS) is 11.4. The molecule has 0 saturated carbocycles. The van der Waals surface area contributed by atoms with Crippen LogP contribution in [0.4, 0.5) is 0 Å². The van der Waals surface area contributed by atoms with Crippen molar-refractivity contribution in [2.75, 3.05) is 0 Å². The van der Waals surface area contributed by atoms with Crippen molar-refractivity contribution >= 4 is 33.6 Å². The van der Waals surface area contributed by atoms with Gasteiger partial charge in [-0.05, 0) is 34.1 Å². The topological polar surface area (TPSA) is 64.2 Å². The van der Waals surface area contributed by atoms with E-state index in [0.29, 0.717) is 6.54 Å². The lowest BCUT2D eigenvalue weighted by molar-refractivity contribution is -0.116. The van der Waals surface area contributed by atoms with E-state index in [1.807, 2.05) is 42.2 Å². The number of aryl methyl sites for hydroxylation is 1. The molecule has 0 aromatic carbocycles. The van der Waals surface area contributed by atoms with Gasteiger partial charge in [0.2, 0.25) is 5.91 Å². The number of hydrogen-bond donors (Lipinski definition) is 1. The quantitative estimate of drug-likeness (QED) is 0.726. The van der Waals surface area contributed by atoms with Crippen molar-refractivity contribution in [1.29, 1.82) is 0 Å². The fourth-order valence-electron chi connectivity index (χ4n) is 2.04. The maximum atomic E-state index is 11.8. The van der Waals surface area contributed by atoms with E-state index in [9.17, 15) is 4.79 Å². The lowest BCUT2D eigenvalue weighted by Crippen LogP contribution is -2.20. The minimum Gasteiger partial charge on any atom is -0.347 e. The molecule has 22 heavy (non-hydrogen) atoms. The van der Waals surface area contributed by atoms with Crippen LogP contribution in [0.25, 0.3) is 11.7 Å². The van der Waals surface area contributed by atoms with Gasteiger partial charge < -0.3 is 9.72 Å². The second-order valence-corrected chi connectivity index (χ2v) is 5.76. The van der Waals surface area contributed by atoms with Gasteiger partial charge in [-0.3, -0.25) is 9.48 Å². The lowest BCUT2D eigenvalue weighted by Gasteiger charge is -1.97. The van der Waals surface area contributed by atoms with Crippen molar-refractivity contribution in [1.82, 2.24) is 24.5 Å². The third-order valence-corrected chi connectivity index (χ3v) is 3.53. The van der Waals surface area contributed by atoms with Gasteiger partial charge in [-0.15, -0.1) is 0 Å². The number of rotatable bonds is 4. The number of carbonyl (C=O) groups excluding carboxylic acids is 1. The molecule has 0 saturated heterocycles. The van der Waals surface area contributed by atoms with Crippen molar-refractivity contribution in [2.45, 2.75) is 6.54 Å². The lowest BCUT2D eigenvalue weighted by atomic mass is 10.3. The Balaban J connectivity index is 1.61. The van der Waals surface area contributed by atoms with Gasteiger partial charge in [-0.2, -0.15) is 5.10 Å². The van der Waals surface area contributed by atoms with Crippen LogP contribution in [0.5, 0.6) is 0 Å². The van der Waals surface area contributed by atoms with Crippen LogP contribution in [0.3, 0.4) is 0 Å². The van der Waals surface area contributed by atoms with E-state index in [-0.39, 0.29) is 5.91 Å². The molecule has 7 heteroatoms. The SMILES string of the molecule is Cn1cc(C=CC(=O)NCc2cn3cc(Br)ccc3n2)cn1. The number of fused-ring (bicyclic) bond motifs is 1. The van der Waals surface area contributed by atoms with Gasteiger partial charge in [0.1, 0.15) is 5.65 Å². The van der Waals surface area contributed by atoms with E-state index in [1.165, 1.54) is 6.08 Å². The first-order chi connectivity index (χ1) is 10.6. The molecule has 0 radical (unpaired) electrons. The zero-order chi connectivity index (χ0) is 15.5. The molecule has 0 aliphatic rings. The van der Waals surface area contributed by atoms with Crippen LogP contribution < -0.4 is 5.32 Å². The summed E-state index contributed by atoms with van der Waals surface area (Å²) in [5.41, 5.74) is 2.54. The van der Waals surface area contributed by atoms with Crippen LogP contribution in [-0.2, 0) is 18.4 Å². The molecule has 3 aromatic heterocycles. The molecule has 0 spiro atoms. The number of aromatic nitrogens is 4. The Morgan fingerprint density at radius 1 is 1.36 bits per heavy atom. The average molecular weight is 360 g/mol. The van der Waals surface area contributed by atoms with E-state index in [4.69, 9.17) is 0 Å².